The number of nitrogens with zero attached hydrogens (tertiary/aromatic N) is 4. The molecule has 5 rings (SSSR count). The van der Waals surface area contributed by atoms with Gasteiger partial charge in [0, 0.05) is 38.0 Å². The Hall–Kier alpha value is -4.63. The number of carbonyl (C=O) groups is 2. The van der Waals surface area contributed by atoms with Gasteiger partial charge in [0.25, 0.3) is 11.8 Å². The van der Waals surface area contributed by atoms with Gasteiger partial charge in [0.2, 0.25) is 0 Å². The first-order chi connectivity index (χ1) is 23.3. The van der Waals surface area contributed by atoms with E-state index in [4.69, 9.17) is 14.6 Å². The second kappa shape index (κ2) is 16.0. The number of aliphatic hydroxyl groups is 1. The predicted molar refractivity (Wildman–Crippen MR) is 188 cm³/mol. The van der Waals surface area contributed by atoms with Gasteiger partial charge in [-0.15, -0.1) is 0 Å². The van der Waals surface area contributed by atoms with Crippen LogP contribution in [0.2, 0.25) is 0 Å². The van der Waals surface area contributed by atoms with Gasteiger partial charge in [-0.2, -0.15) is 5.10 Å². The molecule has 0 aliphatic carbocycles. The van der Waals surface area contributed by atoms with Crippen LogP contribution < -0.4 is 9.47 Å². The molecule has 1 atom stereocenters. The van der Waals surface area contributed by atoms with Crippen LogP contribution >= 0.6 is 0 Å². The quantitative estimate of drug-likeness (QED) is 0.160. The largest absolute Gasteiger partial charge is 0.496 e. The number of aryl methyl sites for hydroxylation is 1. The fourth-order valence-electron chi connectivity index (χ4n) is 6.57. The smallest absolute Gasteiger partial charge is 0.274 e. The number of ether oxygens (including phenoxy) is 2. The average Bonchev–Trinajstić information content (AvgIpc) is 3.51. The topological polar surface area (TPSA) is 97.1 Å². The summed E-state index contributed by atoms with van der Waals surface area (Å²) in [5.74, 6) is 0.961. The first kappa shape index (κ1) is 34.7. The Labute approximate surface area is 284 Å². The molecule has 0 spiro atoms. The van der Waals surface area contributed by atoms with Gasteiger partial charge in [-0.3, -0.25) is 9.59 Å². The molecular formula is C39H48N4O5. The number of hydrogen-bond acceptors (Lipinski definition) is 6. The van der Waals surface area contributed by atoms with Crippen LogP contribution in [0.4, 0.5) is 0 Å². The predicted octanol–water partition coefficient (Wildman–Crippen LogP) is 6.86. The molecule has 0 fully saturated rings. The van der Waals surface area contributed by atoms with Crippen molar-refractivity contribution in [1.82, 2.24) is 19.6 Å². The van der Waals surface area contributed by atoms with Gasteiger partial charge in [-0.25, -0.2) is 4.68 Å². The van der Waals surface area contributed by atoms with Crippen LogP contribution in [0.25, 0.3) is 16.8 Å². The minimum Gasteiger partial charge on any atom is -0.496 e. The van der Waals surface area contributed by atoms with E-state index in [0.717, 1.165) is 48.1 Å². The van der Waals surface area contributed by atoms with Crippen molar-refractivity contribution in [3.05, 3.63) is 94.8 Å². The summed E-state index contributed by atoms with van der Waals surface area (Å²) in [4.78, 5) is 32.4. The second-order valence-electron chi connectivity index (χ2n) is 12.4. The van der Waals surface area contributed by atoms with Crippen LogP contribution in [-0.4, -0.2) is 76.5 Å². The monoisotopic (exact) mass is 652 g/mol. The lowest BCUT2D eigenvalue weighted by Crippen LogP contribution is -2.45. The maximum atomic E-state index is 14.8. The number of amides is 2. The molecule has 0 saturated heterocycles. The van der Waals surface area contributed by atoms with Crippen molar-refractivity contribution >= 4 is 11.8 Å². The molecule has 0 radical (unpaired) electrons. The summed E-state index contributed by atoms with van der Waals surface area (Å²) in [7, 11) is 3.22. The minimum atomic E-state index is -0.184. The van der Waals surface area contributed by atoms with Gasteiger partial charge in [0.1, 0.15) is 11.5 Å². The van der Waals surface area contributed by atoms with Gasteiger partial charge in [-0.1, -0.05) is 63.1 Å². The van der Waals surface area contributed by atoms with E-state index < -0.39 is 0 Å². The van der Waals surface area contributed by atoms with E-state index in [1.807, 2.05) is 71.3 Å². The van der Waals surface area contributed by atoms with Gasteiger partial charge < -0.3 is 24.4 Å². The van der Waals surface area contributed by atoms with E-state index in [-0.39, 0.29) is 24.5 Å². The molecule has 2 amide bonds. The standard InChI is InChI=1S/C39H48N4O5/c1-6-8-20-41(21-9-7-2)39(46)33-23-27(3)43(40-33)34-18-17-29(37-35(47-4)15-12-16-36(37)48-5)25-32(34)38(45)42-26-30-14-11-10-13-28(30)24-31(42)19-22-44/h10-18,23,25,31,44H,6-9,19-22,24,26H2,1-5H3/t31-/m1/s1. The molecule has 48 heavy (non-hydrogen) atoms. The van der Waals surface area contributed by atoms with Crippen LogP contribution in [0, 0.1) is 6.92 Å². The number of hydrogen-bond donors (Lipinski definition) is 1. The van der Waals surface area contributed by atoms with Crippen molar-refractivity contribution in [2.24, 2.45) is 0 Å². The van der Waals surface area contributed by atoms with E-state index in [1.165, 1.54) is 5.56 Å². The Morgan fingerprint density at radius 2 is 1.58 bits per heavy atom. The van der Waals surface area contributed by atoms with Gasteiger partial charge in [-0.05, 0) is 79.6 Å². The summed E-state index contributed by atoms with van der Waals surface area (Å²) < 4.78 is 13.2. The highest BCUT2D eigenvalue weighted by Gasteiger charge is 2.32. The fraction of sp³-hybridized carbons (Fsp3) is 0.410. The van der Waals surface area contributed by atoms with Crippen LogP contribution in [0.5, 0.6) is 11.5 Å². The zero-order chi connectivity index (χ0) is 34.2. The van der Waals surface area contributed by atoms with Crippen molar-refractivity contribution in [3.63, 3.8) is 0 Å². The fourth-order valence-corrected chi connectivity index (χ4v) is 6.57. The molecule has 0 unspecified atom stereocenters. The molecule has 3 aromatic carbocycles. The lowest BCUT2D eigenvalue weighted by atomic mass is 9.91. The van der Waals surface area contributed by atoms with Crippen LogP contribution in [-0.2, 0) is 13.0 Å². The number of fused-ring (bicyclic) bond motifs is 1. The zero-order valence-electron chi connectivity index (χ0n) is 28.9. The molecular weight excluding hydrogens is 604 g/mol. The van der Waals surface area contributed by atoms with Gasteiger partial charge in [0.05, 0.1) is 31.0 Å². The molecule has 1 aliphatic heterocycles. The summed E-state index contributed by atoms with van der Waals surface area (Å²) in [6.45, 7) is 7.91. The summed E-state index contributed by atoms with van der Waals surface area (Å²) in [5, 5.41) is 14.8. The van der Waals surface area contributed by atoms with E-state index in [2.05, 4.69) is 26.0 Å². The van der Waals surface area contributed by atoms with E-state index in [9.17, 15) is 14.7 Å². The third kappa shape index (κ3) is 7.26. The molecule has 9 heteroatoms. The third-order valence-corrected chi connectivity index (χ3v) is 9.21. The number of aromatic nitrogens is 2. The zero-order valence-corrected chi connectivity index (χ0v) is 28.9. The Kier molecular flexibility index (Phi) is 11.5. The van der Waals surface area contributed by atoms with Crippen LogP contribution in [0.3, 0.4) is 0 Å². The van der Waals surface area contributed by atoms with E-state index >= 15 is 0 Å². The lowest BCUT2D eigenvalue weighted by Gasteiger charge is -2.37. The van der Waals surface area contributed by atoms with Crippen molar-refractivity contribution in [2.45, 2.75) is 71.9 Å². The molecule has 2 heterocycles. The molecule has 1 aliphatic rings. The Balaban J connectivity index is 1.64. The number of unbranched alkanes of at least 4 members (excludes halogenated alkanes) is 2. The van der Waals surface area contributed by atoms with Crippen molar-refractivity contribution in [1.29, 1.82) is 0 Å². The maximum Gasteiger partial charge on any atom is 0.274 e. The van der Waals surface area contributed by atoms with Crippen LogP contribution in [0.15, 0.2) is 66.7 Å². The Morgan fingerprint density at radius 1 is 0.917 bits per heavy atom. The van der Waals surface area contributed by atoms with E-state index in [0.29, 0.717) is 60.9 Å². The normalized spacial score (nSPS) is 14.0. The molecule has 1 aromatic heterocycles. The molecule has 0 saturated carbocycles. The van der Waals surface area contributed by atoms with Crippen molar-refractivity contribution < 1.29 is 24.2 Å². The highest BCUT2D eigenvalue weighted by molar-refractivity contribution is 6.00. The first-order valence-corrected chi connectivity index (χ1v) is 17.0. The highest BCUT2D eigenvalue weighted by Crippen LogP contribution is 2.40. The number of aliphatic hydroxyl groups excluding tert-OH is 1. The van der Waals surface area contributed by atoms with Gasteiger partial charge in [0.15, 0.2) is 5.69 Å². The number of benzene rings is 3. The average molecular weight is 653 g/mol. The molecule has 0 bridgehead atoms. The van der Waals surface area contributed by atoms with Gasteiger partial charge >= 0.3 is 0 Å². The SMILES string of the molecule is CCCCN(CCCC)C(=O)c1cc(C)n(-c2ccc(-c3c(OC)cccc3OC)cc2C(=O)N2Cc3ccccc3C[C@H]2CCO)n1. The molecule has 1 N–H and O–H groups in total. The summed E-state index contributed by atoms with van der Waals surface area (Å²) in [5.41, 5.74) is 5.87. The highest BCUT2D eigenvalue weighted by atomic mass is 16.5. The first-order valence-electron chi connectivity index (χ1n) is 17.0. The molecule has 4 aromatic rings. The number of methoxy groups -OCH3 is 2. The van der Waals surface area contributed by atoms with Crippen LogP contribution in [0.1, 0.15) is 83.6 Å². The van der Waals surface area contributed by atoms with Crippen molar-refractivity contribution in [3.8, 4) is 28.3 Å². The summed E-state index contributed by atoms with van der Waals surface area (Å²) in [6.07, 6.45) is 4.96. The summed E-state index contributed by atoms with van der Waals surface area (Å²) in [6, 6.07) is 21.1. The summed E-state index contributed by atoms with van der Waals surface area (Å²) >= 11 is 0. The Morgan fingerprint density at radius 3 is 2.21 bits per heavy atom. The molecule has 254 valence electrons. The van der Waals surface area contributed by atoms with Crippen molar-refractivity contribution in [2.75, 3.05) is 33.9 Å². The van der Waals surface area contributed by atoms with E-state index in [1.54, 1.807) is 18.9 Å². The number of carbonyl (C=O) groups excluding carboxylic acids is 2. The second-order valence-corrected chi connectivity index (χ2v) is 12.4. The lowest BCUT2D eigenvalue weighted by molar-refractivity contribution is 0.0605. The Bertz CT molecular complexity index is 1700. The minimum absolute atomic E-state index is 0.0295. The molecule has 9 nitrogen and oxygen atoms in total. The number of rotatable bonds is 14. The third-order valence-electron chi connectivity index (χ3n) is 9.21. The maximum absolute atomic E-state index is 14.8.